The summed E-state index contributed by atoms with van der Waals surface area (Å²) < 4.78 is 4.57. The number of nitrogens with one attached hydrogen (secondary N) is 1. The Morgan fingerprint density at radius 2 is 2.17 bits per heavy atom. The normalized spacial score (nSPS) is 9.75. The Hall–Kier alpha value is -0.770. The van der Waals surface area contributed by atoms with E-state index in [9.17, 15) is 4.79 Å². The highest BCUT2D eigenvalue weighted by Gasteiger charge is 1.92. The molecule has 0 spiro atoms. The fourth-order valence-electron chi connectivity index (χ4n) is 0.878. The Morgan fingerprint density at radius 1 is 1.42 bits per heavy atom. The predicted octanol–water partition coefficient (Wildman–Crippen LogP) is 0.861. The van der Waals surface area contributed by atoms with Crippen LogP contribution < -0.4 is 11.1 Å². The SMILES string of the molecule is CCNCCCCCOC(N)=O. The molecule has 0 fully saturated rings. The molecule has 1 amide bonds. The Morgan fingerprint density at radius 3 is 2.75 bits per heavy atom. The van der Waals surface area contributed by atoms with Crippen molar-refractivity contribution in [3.63, 3.8) is 0 Å². The molecule has 0 aliphatic rings. The summed E-state index contributed by atoms with van der Waals surface area (Å²) in [5.74, 6) is 0. The summed E-state index contributed by atoms with van der Waals surface area (Å²) in [5, 5.41) is 3.22. The van der Waals surface area contributed by atoms with Gasteiger partial charge in [-0.05, 0) is 32.4 Å². The molecule has 0 aliphatic carbocycles. The van der Waals surface area contributed by atoms with Crippen LogP contribution in [0.2, 0.25) is 0 Å². The van der Waals surface area contributed by atoms with Crippen molar-refractivity contribution < 1.29 is 9.53 Å². The minimum atomic E-state index is -0.679. The van der Waals surface area contributed by atoms with Gasteiger partial charge in [0.05, 0.1) is 6.61 Å². The van der Waals surface area contributed by atoms with Crippen molar-refractivity contribution in [1.29, 1.82) is 0 Å². The number of hydrogen-bond acceptors (Lipinski definition) is 3. The van der Waals surface area contributed by atoms with Gasteiger partial charge in [-0.2, -0.15) is 0 Å². The average molecular weight is 174 g/mol. The van der Waals surface area contributed by atoms with Crippen molar-refractivity contribution in [2.45, 2.75) is 26.2 Å². The molecule has 4 nitrogen and oxygen atoms in total. The monoisotopic (exact) mass is 174 g/mol. The van der Waals surface area contributed by atoms with Gasteiger partial charge < -0.3 is 15.8 Å². The number of carbonyl (C=O) groups is 1. The molecule has 0 radical (unpaired) electrons. The first kappa shape index (κ1) is 11.2. The number of amides is 1. The molecule has 0 bridgehead atoms. The van der Waals surface area contributed by atoms with Crippen molar-refractivity contribution in [2.75, 3.05) is 19.7 Å². The van der Waals surface area contributed by atoms with Crippen LogP contribution in [0.5, 0.6) is 0 Å². The van der Waals surface area contributed by atoms with Crippen LogP contribution in [-0.2, 0) is 4.74 Å². The van der Waals surface area contributed by atoms with Gasteiger partial charge in [0.25, 0.3) is 0 Å². The molecule has 3 N–H and O–H groups in total. The first-order valence-electron chi connectivity index (χ1n) is 4.40. The topological polar surface area (TPSA) is 64.3 Å². The maximum absolute atomic E-state index is 10.1. The second kappa shape index (κ2) is 8.33. The molecule has 0 rings (SSSR count). The average Bonchev–Trinajstić information content (AvgIpc) is 2.02. The lowest BCUT2D eigenvalue weighted by Gasteiger charge is -2.01. The molecule has 4 heteroatoms. The van der Waals surface area contributed by atoms with E-state index in [1.807, 2.05) is 0 Å². The van der Waals surface area contributed by atoms with E-state index in [0.717, 1.165) is 32.4 Å². The van der Waals surface area contributed by atoms with E-state index in [1.54, 1.807) is 0 Å². The molecule has 0 aliphatic heterocycles. The third-order valence-corrected chi connectivity index (χ3v) is 1.49. The lowest BCUT2D eigenvalue weighted by atomic mass is 10.2. The summed E-state index contributed by atoms with van der Waals surface area (Å²) in [6.07, 6.45) is 2.41. The fourth-order valence-corrected chi connectivity index (χ4v) is 0.878. The highest BCUT2D eigenvalue weighted by Crippen LogP contribution is 1.94. The van der Waals surface area contributed by atoms with Crippen molar-refractivity contribution in [3.8, 4) is 0 Å². The summed E-state index contributed by atoms with van der Waals surface area (Å²) in [6, 6.07) is 0. The summed E-state index contributed by atoms with van der Waals surface area (Å²) in [4.78, 5) is 10.1. The van der Waals surface area contributed by atoms with Gasteiger partial charge in [0.1, 0.15) is 0 Å². The Labute approximate surface area is 73.5 Å². The predicted molar refractivity (Wildman–Crippen MR) is 47.9 cm³/mol. The summed E-state index contributed by atoms with van der Waals surface area (Å²) >= 11 is 0. The molecule has 0 aromatic rings. The number of primary amides is 1. The second-order valence-corrected chi connectivity index (χ2v) is 2.58. The largest absolute Gasteiger partial charge is 0.450 e. The molecule has 0 saturated carbocycles. The summed E-state index contributed by atoms with van der Waals surface area (Å²) in [5.41, 5.74) is 4.78. The van der Waals surface area contributed by atoms with E-state index < -0.39 is 6.09 Å². The molecule has 0 aromatic heterocycles. The van der Waals surface area contributed by atoms with E-state index >= 15 is 0 Å². The molecular formula is C8H18N2O2. The van der Waals surface area contributed by atoms with Crippen LogP contribution in [0.15, 0.2) is 0 Å². The molecule has 0 saturated heterocycles. The van der Waals surface area contributed by atoms with Gasteiger partial charge in [-0.25, -0.2) is 4.79 Å². The van der Waals surface area contributed by atoms with Crippen LogP contribution in [0.3, 0.4) is 0 Å². The third-order valence-electron chi connectivity index (χ3n) is 1.49. The highest BCUT2D eigenvalue weighted by molar-refractivity contribution is 5.64. The van der Waals surface area contributed by atoms with Crippen LogP contribution in [0.1, 0.15) is 26.2 Å². The number of rotatable bonds is 7. The first-order valence-corrected chi connectivity index (χ1v) is 4.40. The number of nitrogens with two attached hydrogens (primary N) is 1. The van der Waals surface area contributed by atoms with Crippen LogP contribution in [0.25, 0.3) is 0 Å². The quantitative estimate of drug-likeness (QED) is 0.563. The third kappa shape index (κ3) is 9.23. The van der Waals surface area contributed by atoms with Gasteiger partial charge in [-0.15, -0.1) is 0 Å². The smallest absolute Gasteiger partial charge is 0.404 e. The zero-order valence-electron chi connectivity index (χ0n) is 7.64. The number of carbonyl (C=O) groups excluding carboxylic acids is 1. The van der Waals surface area contributed by atoms with Gasteiger partial charge >= 0.3 is 6.09 Å². The Balaban J connectivity index is 2.86. The molecular weight excluding hydrogens is 156 g/mol. The van der Waals surface area contributed by atoms with Crippen LogP contribution in [-0.4, -0.2) is 25.8 Å². The zero-order chi connectivity index (χ0) is 9.23. The molecule has 0 atom stereocenters. The molecule has 12 heavy (non-hydrogen) atoms. The van der Waals surface area contributed by atoms with Crippen LogP contribution in [0.4, 0.5) is 4.79 Å². The van der Waals surface area contributed by atoms with Gasteiger partial charge in [0, 0.05) is 0 Å². The first-order chi connectivity index (χ1) is 5.77. The molecule has 0 heterocycles. The van der Waals surface area contributed by atoms with E-state index in [-0.39, 0.29) is 0 Å². The van der Waals surface area contributed by atoms with E-state index in [2.05, 4.69) is 17.0 Å². The van der Waals surface area contributed by atoms with E-state index in [4.69, 9.17) is 5.73 Å². The Bertz CT molecular complexity index is 118. The van der Waals surface area contributed by atoms with Crippen molar-refractivity contribution >= 4 is 6.09 Å². The molecule has 72 valence electrons. The van der Waals surface area contributed by atoms with E-state index in [0.29, 0.717) is 6.61 Å². The van der Waals surface area contributed by atoms with Gasteiger partial charge in [0.2, 0.25) is 0 Å². The van der Waals surface area contributed by atoms with Crippen molar-refractivity contribution in [3.05, 3.63) is 0 Å². The summed E-state index contributed by atoms with van der Waals surface area (Å²) in [7, 11) is 0. The van der Waals surface area contributed by atoms with Crippen molar-refractivity contribution in [1.82, 2.24) is 5.32 Å². The van der Waals surface area contributed by atoms with Gasteiger partial charge in [-0.3, -0.25) is 0 Å². The number of hydrogen-bond donors (Lipinski definition) is 2. The fraction of sp³-hybridized carbons (Fsp3) is 0.875. The number of unbranched alkanes of at least 4 members (excludes halogenated alkanes) is 2. The zero-order valence-corrected chi connectivity index (χ0v) is 7.64. The van der Waals surface area contributed by atoms with Gasteiger partial charge in [-0.1, -0.05) is 6.92 Å². The lowest BCUT2D eigenvalue weighted by molar-refractivity contribution is 0.154. The maximum atomic E-state index is 10.1. The van der Waals surface area contributed by atoms with Crippen LogP contribution in [0, 0.1) is 0 Å². The second-order valence-electron chi connectivity index (χ2n) is 2.58. The standard InChI is InChI=1S/C8H18N2O2/c1-2-10-6-4-3-5-7-12-8(9)11/h10H,2-7H2,1H3,(H2,9,11). The van der Waals surface area contributed by atoms with E-state index in [1.165, 1.54) is 0 Å². The van der Waals surface area contributed by atoms with Gasteiger partial charge in [0.15, 0.2) is 0 Å². The maximum Gasteiger partial charge on any atom is 0.404 e. The summed E-state index contributed by atoms with van der Waals surface area (Å²) in [6.45, 7) is 4.57. The van der Waals surface area contributed by atoms with Crippen molar-refractivity contribution in [2.24, 2.45) is 5.73 Å². The number of ether oxygens (including phenoxy) is 1. The van der Waals surface area contributed by atoms with Crippen LogP contribution >= 0.6 is 0 Å². The molecule has 0 aromatic carbocycles. The minimum Gasteiger partial charge on any atom is -0.450 e. The molecule has 0 unspecified atom stereocenters. The Kier molecular flexibility index (Phi) is 7.79. The highest BCUT2D eigenvalue weighted by atomic mass is 16.5. The lowest BCUT2D eigenvalue weighted by Crippen LogP contribution is -2.15. The minimum absolute atomic E-state index is 0.446.